The molecule has 0 fully saturated rings. The van der Waals surface area contributed by atoms with Crippen LogP contribution in [0.1, 0.15) is 16.7 Å². The number of rotatable bonds is 7. The summed E-state index contributed by atoms with van der Waals surface area (Å²) in [6.45, 7) is 3.11. The fourth-order valence-electron chi connectivity index (χ4n) is 4.50. The van der Waals surface area contributed by atoms with Crippen molar-refractivity contribution in [1.82, 2.24) is 4.98 Å². The van der Waals surface area contributed by atoms with Crippen molar-refractivity contribution < 1.29 is 68.4 Å². The van der Waals surface area contributed by atoms with E-state index in [1.54, 1.807) is 56.3 Å². The Morgan fingerprint density at radius 1 is 0.628 bits per heavy atom. The molecule has 0 unspecified atom stereocenters. The van der Waals surface area contributed by atoms with Crippen LogP contribution in [0.2, 0.25) is 0 Å². The van der Waals surface area contributed by atoms with Crippen LogP contribution in [0.15, 0.2) is 79.0 Å². The molecule has 0 amide bonds. The van der Waals surface area contributed by atoms with E-state index >= 15 is 8.78 Å². The van der Waals surface area contributed by atoms with E-state index in [-0.39, 0.29) is 36.8 Å². The molecule has 1 heterocycles. The van der Waals surface area contributed by atoms with Gasteiger partial charge in [0.1, 0.15) is 0 Å². The van der Waals surface area contributed by atoms with Crippen molar-refractivity contribution in [2.75, 3.05) is 0 Å². The van der Waals surface area contributed by atoms with E-state index in [0.717, 1.165) is 6.07 Å². The second-order valence-corrected chi connectivity index (χ2v) is 9.53. The Morgan fingerprint density at radius 3 is 1.81 bits per heavy atom. The van der Waals surface area contributed by atoms with Crippen LogP contribution >= 0.6 is 0 Å². The normalized spacial score (nSPS) is 13.0. The number of pyridine rings is 1. The largest absolute Gasteiger partial charge is 0.460 e. The maximum absolute atomic E-state index is 15.1. The molecule has 0 spiro atoms. The predicted molar refractivity (Wildman–Crippen MR) is 134 cm³/mol. The Balaban J connectivity index is 0.00000506. The van der Waals surface area contributed by atoms with Crippen molar-refractivity contribution in [3.05, 3.63) is 102 Å². The number of benzene rings is 3. The second-order valence-electron chi connectivity index (χ2n) is 9.53. The van der Waals surface area contributed by atoms with E-state index in [2.05, 4.69) is 11.1 Å². The van der Waals surface area contributed by atoms with Gasteiger partial charge in [0.2, 0.25) is 0 Å². The Kier molecular flexibility index (Phi) is 9.26. The monoisotopic (exact) mass is 795 g/mol. The smallest absolute Gasteiger partial charge is 0.305 e. The summed E-state index contributed by atoms with van der Waals surface area (Å²) in [7, 11) is 0. The average Bonchev–Trinajstić information content (AvgIpc) is 2.92. The number of aromatic nitrogens is 1. The van der Waals surface area contributed by atoms with Crippen molar-refractivity contribution in [3.8, 4) is 33.5 Å². The van der Waals surface area contributed by atoms with Gasteiger partial charge in [0, 0.05) is 31.9 Å². The number of aryl methyl sites for hydroxylation is 2. The first-order valence-electron chi connectivity index (χ1n) is 12.1. The molecule has 0 saturated carbocycles. The van der Waals surface area contributed by atoms with Crippen molar-refractivity contribution >= 4 is 0 Å². The molecular formula is C30H19F11IrN-. The third-order valence-corrected chi connectivity index (χ3v) is 6.73. The molecule has 1 radical (unpaired) electrons. The third-order valence-electron chi connectivity index (χ3n) is 6.73. The zero-order chi connectivity index (χ0) is 31.3. The van der Waals surface area contributed by atoms with Crippen LogP contribution in [-0.2, 0) is 26.0 Å². The van der Waals surface area contributed by atoms with Gasteiger partial charge >= 0.3 is 29.9 Å². The predicted octanol–water partition coefficient (Wildman–Crippen LogP) is 10.1. The van der Waals surface area contributed by atoms with Crippen LogP contribution in [0.5, 0.6) is 0 Å². The second kappa shape index (κ2) is 11.6. The molecule has 0 aliphatic heterocycles. The molecule has 43 heavy (non-hydrogen) atoms. The van der Waals surface area contributed by atoms with Gasteiger partial charge in [-0.25, -0.2) is 0 Å². The zero-order valence-electron chi connectivity index (χ0n) is 21.9. The van der Waals surface area contributed by atoms with Crippen molar-refractivity contribution in [2.24, 2.45) is 0 Å². The Labute approximate surface area is 252 Å². The maximum atomic E-state index is 15.1. The summed E-state index contributed by atoms with van der Waals surface area (Å²) in [4.78, 5) is 4.20. The van der Waals surface area contributed by atoms with Crippen LogP contribution in [0.3, 0.4) is 0 Å². The van der Waals surface area contributed by atoms with Crippen LogP contribution in [0.25, 0.3) is 33.5 Å². The fraction of sp³-hybridized carbons (Fsp3) is 0.233. The van der Waals surface area contributed by atoms with Gasteiger partial charge in [-0.15, -0.1) is 35.4 Å². The van der Waals surface area contributed by atoms with E-state index in [4.69, 9.17) is 0 Å². The first-order valence-corrected chi connectivity index (χ1v) is 12.1. The molecule has 1 nitrogen and oxygen atoms in total. The van der Waals surface area contributed by atoms with Gasteiger partial charge in [0.15, 0.2) is 0 Å². The zero-order valence-corrected chi connectivity index (χ0v) is 24.3. The summed E-state index contributed by atoms with van der Waals surface area (Å²) in [5, 5.41) is 0. The summed E-state index contributed by atoms with van der Waals surface area (Å²) in [5.74, 6) is -28.3. The van der Waals surface area contributed by atoms with Crippen LogP contribution in [0.4, 0.5) is 48.3 Å². The molecule has 0 bridgehead atoms. The van der Waals surface area contributed by atoms with Gasteiger partial charge in [-0.3, -0.25) is 0 Å². The molecule has 0 atom stereocenters. The molecule has 0 N–H and O–H groups in total. The van der Waals surface area contributed by atoms with Gasteiger partial charge in [-0.2, -0.15) is 48.3 Å². The molecule has 0 aliphatic rings. The minimum atomic E-state index is -7.51. The van der Waals surface area contributed by atoms with Gasteiger partial charge < -0.3 is 4.98 Å². The standard InChI is InChI=1S/C30H19F11N.Ir/c1-17-7-5-8-18(2)25(17)23-16-21(26(31,32)27(33,34)28(35,36)29(37,38)30(39,40)41)12-13-22(23)19-9-6-10-20(15-19)24-11-3-4-14-42-24;/h3-9,11-16H,1-2H3;/q-1;. The Hall–Kier alpha value is -3.31. The van der Waals surface area contributed by atoms with Gasteiger partial charge in [0.05, 0.1) is 0 Å². The summed E-state index contributed by atoms with van der Waals surface area (Å²) < 4.78 is 152. The minimum Gasteiger partial charge on any atom is -0.305 e. The van der Waals surface area contributed by atoms with Crippen LogP contribution in [0, 0.1) is 19.9 Å². The van der Waals surface area contributed by atoms with E-state index in [0.29, 0.717) is 40.1 Å². The first kappa shape index (κ1) is 34.2. The molecule has 4 aromatic rings. The van der Waals surface area contributed by atoms with Crippen LogP contribution in [-0.4, -0.2) is 28.9 Å². The van der Waals surface area contributed by atoms with Gasteiger partial charge in [-0.05, 0) is 59.5 Å². The number of halogens is 11. The Morgan fingerprint density at radius 2 is 1.26 bits per heavy atom. The number of alkyl halides is 11. The molecule has 1 aromatic heterocycles. The van der Waals surface area contributed by atoms with Gasteiger partial charge in [-0.1, -0.05) is 42.5 Å². The number of hydrogen-bond donors (Lipinski definition) is 0. The summed E-state index contributed by atoms with van der Waals surface area (Å²) in [6.07, 6.45) is -5.73. The Bertz CT molecular complexity index is 1580. The molecular weight excluding hydrogens is 776 g/mol. The molecule has 3 aromatic carbocycles. The molecule has 0 saturated heterocycles. The van der Waals surface area contributed by atoms with E-state index < -0.39 is 35.4 Å². The number of hydrogen-bond acceptors (Lipinski definition) is 1. The molecule has 13 heteroatoms. The van der Waals surface area contributed by atoms with Crippen molar-refractivity contribution in [2.45, 2.75) is 43.7 Å². The van der Waals surface area contributed by atoms with Crippen molar-refractivity contribution in [3.63, 3.8) is 0 Å². The minimum absolute atomic E-state index is 0. The summed E-state index contributed by atoms with van der Waals surface area (Å²) in [5.41, 5.74) is 0.472. The topological polar surface area (TPSA) is 12.9 Å². The van der Waals surface area contributed by atoms with Gasteiger partial charge in [0.25, 0.3) is 0 Å². The average molecular weight is 795 g/mol. The van der Waals surface area contributed by atoms with E-state index in [1.165, 1.54) is 18.3 Å². The first-order chi connectivity index (χ1) is 19.3. The SMILES string of the molecule is Cc1cccc(C)c1-c1cc(C(F)(F)C(F)(F)C(F)(F)C(F)(F)C(F)(F)F)ccc1-c1cc[c-]c(-c2ccccn2)c1.[Ir]. The fourth-order valence-corrected chi connectivity index (χ4v) is 4.50. The van der Waals surface area contributed by atoms with E-state index in [1.807, 2.05) is 0 Å². The van der Waals surface area contributed by atoms with Crippen LogP contribution < -0.4 is 0 Å². The quantitative estimate of drug-likeness (QED) is 0.134. The van der Waals surface area contributed by atoms with E-state index in [9.17, 15) is 39.5 Å². The maximum Gasteiger partial charge on any atom is 0.460 e. The molecule has 231 valence electrons. The van der Waals surface area contributed by atoms with Crippen molar-refractivity contribution in [1.29, 1.82) is 0 Å². The third kappa shape index (κ3) is 5.69. The summed E-state index contributed by atoms with van der Waals surface area (Å²) in [6, 6.07) is 18.8. The summed E-state index contributed by atoms with van der Waals surface area (Å²) >= 11 is 0. The number of nitrogens with zero attached hydrogens (tertiary/aromatic N) is 1. The molecule has 0 aliphatic carbocycles. The molecule has 4 rings (SSSR count).